The van der Waals surface area contributed by atoms with Gasteiger partial charge in [0, 0.05) is 30.4 Å². The number of esters is 1. The minimum Gasteiger partial charge on any atom is -0.505 e. The molecular weight excluding hydrogens is 470 g/mol. The van der Waals surface area contributed by atoms with Gasteiger partial charge in [0.15, 0.2) is 5.69 Å². The normalized spacial score (nSPS) is 10.6. The zero-order chi connectivity index (χ0) is 25.5. The largest absolute Gasteiger partial charge is 0.505 e. The van der Waals surface area contributed by atoms with Crippen molar-refractivity contribution >= 4 is 35.0 Å². The van der Waals surface area contributed by atoms with E-state index in [0.29, 0.717) is 22.7 Å². The Morgan fingerprint density at radius 3 is 2.63 bits per heavy atom. The quantitative estimate of drug-likeness (QED) is 0.448. The van der Waals surface area contributed by atoms with Crippen LogP contribution >= 0.6 is 11.6 Å². The van der Waals surface area contributed by atoms with Crippen molar-refractivity contribution in [2.45, 2.75) is 26.7 Å². The Morgan fingerprint density at radius 1 is 1.17 bits per heavy atom. The molecule has 8 nitrogen and oxygen atoms in total. The number of urea groups is 1. The summed E-state index contributed by atoms with van der Waals surface area (Å²) < 4.78 is 6.20. The Labute approximate surface area is 208 Å². The van der Waals surface area contributed by atoms with Crippen molar-refractivity contribution in [2.75, 3.05) is 18.1 Å². The summed E-state index contributed by atoms with van der Waals surface area (Å²) >= 11 is 6.31. The Kier molecular flexibility index (Phi) is 8.54. The van der Waals surface area contributed by atoms with Crippen LogP contribution in [-0.2, 0) is 23.0 Å². The lowest BCUT2D eigenvalue weighted by Gasteiger charge is -2.25. The number of pyridine rings is 1. The number of aryl methyl sites for hydroxylation is 2. The van der Waals surface area contributed by atoms with Gasteiger partial charge in [-0.25, -0.2) is 4.79 Å². The number of aromatic nitrogens is 1. The lowest BCUT2D eigenvalue weighted by molar-refractivity contribution is -0.142. The van der Waals surface area contributed by atoms with E-state index in [1.54, 1.807) is 45.2 Å². The van der Waals surface area contributed by atoms with Crippen LogP contribution in [0.15, 0.2) is 59.5 Å². The summed E-state index contributed by atoms with van der Waals surface area (Å²) in [6.45, 7) is 3.58. The molecule has 1 heterocycles. The van der Waals surface area contributed by atoms with E-state index in [-0.39, 0.29) is 31.0 Å². The molecule has 0 aliphatic heterocycles. The van der Waals surface area contributed by atoms with Crippen LogP contribution in [0.1, 0.15) is 30.0 Å². The van der Waals surface area contributed by atoms with Gasteiger partial charge in [-0.15, -0.1) is 0 Å². The van der Waals surface area contributed by atoms with Crippen LogP contribution in [-0.4, -0.2) is 34.8 Å². The third kappa shape index (κ3) is 6.22. The van der Waals surface area contributed by atoms with Gasteiger partial charge in [0.25, 0.3) is 5.56 Å². The monoisotopic (exact) mass is 497 g/mol. The zero-order valence-corrected chi connectivity index (χ0v) is 20.6. The predicted octanol–water partition coefficient (Wildman–Crippen LogP) is 4.44. The molecule has 184 valence electrons. The van der Waals surface area contributed by atoms with Crippen LogP contribution in [0.3, 0.4) is 0 Å². The van der Waals surface area contributed by atoms with Crippen LogP contribution in [0.5, 0.6) is 5.75 Å². The highest BCUT2D eigenvalue weighted by Crippen LogP contribution is 2.33. The number of rotatable bonds is 8. The maximum atomic E-state index is 13.3. The number of anilines is 2. The first kappa shape index (κ1) is 25.8. The average Bonchev–Trinajstić information content (AvgIpc) is 2.82. The first-order valence-corrected chi connectivity index (χ1v) is 11.6. The van der Waals surface area contributed by atoms with Gasteiger partial charge in [-0.05, 0) is 49.6 Å². The van der Waals surface area contributed by atoms with E-state index in [0.717, 1.165) is 16.0 Å². The van der Waals surface area contributed by atoms with Gasteiger partial charge in [-0.3, -0.25) is 14.5 Å². The van der Waals surface area contributed by atoms with Crippen LogP contribution in [0.25, 0.3) is 0 Å². The molecule has 0 atom stereocenters. The molecule has 0 fully saturated rings. The molecule has 35 heavy (non-hydrogen) atoms. The second-order valence-corrected chi connectivity index (χ2v) is 8.39. The average molecular weight is 498 g/mol. The number of carbonyl (C=O) groups is 2. The molecule has 0 saturated heterocycles. The van der Waals surface area contributed by atoms with Crippen molar-refractivity contribution in [3.8, 4) is 5.75 Å². The topological polar surface area (TPSA) is 101 Å². The number of halogens is 1. The second-order valence-electron chi connectivity index (χ2n) is 7.99. The minimum atomic E-state index is -0.665. The second kappa shape index (κ2) is 11.6. The summed E-state index contributed by atoms with van der Waals surface area (Å²) in [7, 11) is 1.54. The molecule has 0 saturated carbocycles. The zero-order valence-electron chi connectivity index (χ0n) is 19.9. The highest BCUT2D eigenvalue weighted by molar-refractivity contribution is 6.31. The molecule has 0 spiro atoms. The standard InChI is InChI=1S/C26H28ClN3O5/c1-4-35-22(31)12-13-28-26(34)30(23-24(32)17(2)16-29(3)25(23)33)20-10-7-8-18(15-20)14-19-9-5-6-11-21(19)27/h5-11,15-16,32H,4,12-14H2,1-3H3,(H,28,34). The molecule has 2 aromatic carbocycles. The van der Waals surface area contributed by atoms with Gasteiger partial charge in [0.2, 0.25) is 0 Å². The van der Waals surface area contributed by atoms with E-state index >= 15 is 0 Å². The van der Waals surface area contributed by atoms with Gasteiger partial charge in [-0.1, -0.05) is 41.9 Å². The Balaban J connectivity index is 2.01. The van der Waals surface area contributed by atoms with Gasteiger partial charge >= 0.3 is 12.0 Å². The third-order valence-corrected chi connectivity index (χ3v) is 5.74. The molecule has 0 unspecified atom stereocenters. The highest BCUT2D eigenvalue weighted by atomic mass is 35.5. The fourth-order valence-electron chi connectivity index (χ4n) is 3.67. The Morgan fingerprint density at radius 2 is 1.91 bits per heavy atom. The van der Waals surface area contributed by atoms with Crippen molar-refractivity contribution in [1.82, 2.24) is 9.88 Å². The number of aromatic hydroxyl groups is 1. The van der Waals surface area contributed by atoms with Crippen molar-refractivity contribution in [2.24, 2.45) is 7.05 Å². The summed E-state index contributed by atoms with van der Waals surface area (Å²) in [5.74, 6) is -0.749. The van der Waals surface area contributed by atoms with Crippen LogP contribution in [0, 0.1) is 6.92 Å². The summed E-state index contributed by atoms with van der Waals surface area (Å²) in [5.41, 5.74) is 1.83. The molecule has 0 bridgehead atoms. The smallest absolute Gasteiger partial charge is 0.326 e. The number of hydrogen-bond acceptors (Lipinski definition) is 5. The van der Waals surface area contributed by atoms with E-state index in [2.05, 4.69) is 5.32 Å². The molecule has 1 aromatic heterocycles. The van der Waals surface area contributed by atoms with E-state index < -0.39 is 17.6 Å². The van der Waals surface area contributed by atoms with Crippen LogP contribution in [0.2, 0.25) is 5.02 Å². The van der Waals surface area contributed by atoms with Crippen LogP contribution in [0.4, 0.5) is 16.2 Å². The number of amides is 2. The predicted molar refractivity (Wildman–Crippen MR) is 136 cm³/mol. The van der Waals surface area contributed by atoms with Gasteiger partial charge < -0.3 is 19.7 Å². The summed E-state index contributed by atoms with van der Waals surface area (Å²) in [6, 6.07) is 13.9. The van der Waals surface area contributed by atoms with Gasteiger partial charge in [0.1, 0.15) is 5.75 Å². The minimum absolute atomic E-state index is 0.000371. The molecule has 9 heteroatoms. The summed E-state index contributed by atoms with van der Waals surface area (Å²) in [6.07, 6.45) is 1.97. The summed E-state index contributed by atoms with van der Waals surface area (Å²) in [5, 5.41) is 14.0. The van der Waals surface area contributed by atoms with E-state index in [4.69, 9.17) is 16.3 Å². The molecule has 2 amide bonds. The first-order valence-electron chi connectivity index (χ1n) is 11.2. The number of carbonyl (C=O) groups excluding carboxylic acids is 2. The summed E-state index contributed by atoms with van der Waals surface area (Å²) in [4.78, 5) is 39.2. The molecule has 3 aromatic rings. The number of nitrogens with zero attached hydrogens (tertiary/aromatic N) is 2. The maximum Gasteiger partial charge on any atom is 0.326 e. The molecule has 0 radical (unpaired) electrons. The lowest BCUT2D eigenvalue weighted by Crippen LogP contribution is -2.41. The van der Waals surface area contributed by atoms with E-state index in [1.165, 1.54) is 10.8 Å². The Hall–Kier alpha value is -3.78. The van der Waals surface area contributed by atoms with Crippen LogP contribution < -0.4 is 15.8 Å². The number of benzene rings is 2. The number of hydrogen-bond donors (Lipinski definition) is 2. The third-order valence-electron chi connectivity index (χ3n) is 5.37. The lowest BCUT2D eigenvalue weighted by atomic mass is 10.0. The molecule has 2 N–H and O–H groups in total. The van der Waals surface area contributed by atoms with Crippen molar-refractivity contribution < 1.29 is 19.4 Å². The van der Waals surface area contributed by atoms with Gasteiger partial charge in [-0.2, -0.15) is 0 Å². The fraction of sp³-hybridized carbons (Fsp3) is 0.269. The van der Waals surface area contributed by atoms with E-state index in [1.807, 2.05) is 24.3 Å². The first-order chi connectivity index (χ1) is 16.7. The maximum absolute atomic E-state index is 13.3. The van der Waals surface area contributed by atoms with Crippen molar-refractivity contribution in [1.29, 1.82) is 0 Å². The highest BCUT2D eigenvalue weighted by Gasteiger charge is 2.26. The van der Waals surface area contributed by atoms with Gasteiger partial charge in [0.05, 0.1) is 18.7 Å². The number of ether oxygens (including phenoxy) is 1. The molecule has 0 aliphatic carbocycles. The molecule has 3 rings (SSSR count). The molecule has 0 aliphatic rings. The van der Waals surface area contributed by atoms with E-state index in [9.17, 15) is 19.5 Å². The SMILES string of the molecule is CCOC(=O)CCNC(=O)N(c1cccc(Cc2ccccc2Cl)c1)c1c(O)c(C)cn(C)c1=O. The molecular formula is C26H28ClN3O5. The number of nitrogens with one attached hydrogen (secondary N) is 1. The van der Waals surface area contributed by atoms with Crippen molar-refractivity contribution in [3.63, 3.8) is 0 Å². The fourth-order valence-corrected chi connectivity index (χ4v) is 3.87. The Bertz CT molecular complexity index is 1290. The van der Waals surface area contributed by atoms with Crippen molar-refractivity contribution in [3.05, 3.63) is 86.8 Å².